The monoisotopic (exact) mass is 528 g/mol. The van der Waals surface area contributed by atoms with E-state index in [1.165, 1.54) is 22.7 Å². The molecule has 0 aliphatic heterocycles. The van der Waals surface area contributed by atoms with E-state index in [-0.39, 0.29) is 24.1 Å². The Morgan fingerprint density at radius 2 is 1.64 bits per heavy atom. The van der Waals surface area contributed by atoms with Crippen LogP contribution in [-0.2, 0) is 28.3 Å². The van der Waals surface area contributed by atoms with Crippen LogP contribution in [0, 0.1) is 5.82 Å². The van der Waals surface area contributed by atoms with Gasteiger partial charge in [-0.25, -0.2) is 4.39 Å². The van der Waals surface area contributed by atoms with Crippen LogP contribution in [0.1, 0.15) is 16.7 Å². The third kappa shape index (κ3) is 7.44. The lowest BCUT2D eigenvalue weighted by atomic mass is 10.0. The number of nitrogens with one attached hydrogen (secondary N) is 1. The quantitative estimate of drug-likeness (QED) is 0.393. The van der Waals surface area contributed by atoms with Gasteiger partial charge in [0.25, 0.3) is 0 Å². The van der Waals surface area contributed by atoms with E-state index in [4.69, 9.17) is 0 Å². The number of hydrogen-bond acceptors (Lipinski definition) is 3. The second kappa shape index (κ2) is 12.6. The van der Waals surface area contributed by atoms with Crippen molar-refractivity contribution in [3.05, 3.63) is 106 Å². The van der Waals surface area contributed by atoms with Gasteiger partial charge in [0.05, 0.1) is 5.75 Å². The molecule has 0 heterocycles. The van der Waals surface area contributed by atoms with Crippen molar-refractivity contribution in [3.63, 3.8) is 0 Å². The van der Waals surface area contributed by atoms with Crippen LogP contribution in [0.25, 0.3) is 0 Å². The highest BCUT2D eigenvalue weighted by molar-refractivity contribution is 9.10. The predicted molar refractivity (Wildman–Crippen MR) is 135 cm³/mol. The maximum Gasteiger partial charge on any atom is 0.242 e. The van der Waals surface area contributed by atoms with Crippen molar-refractivity contribution >= 4 is 39.5 Å². The standard InChI is InChI=1S/C26H26BrFN2O2S/c1-29-26(32)24(15-19-7-3-2-4-8-19)30(16-21-9-5-6-10-23(21)28)25(31)18-33-17-20-11-13-22(27)14-12-20/h2-14,24H,15-18H2,1H3,(H,29,32). The molecule has 2 amide bonds. The first kappa shape index (κ1) is 25.0. The molecule has 4 nitrogen and oxygen atoms in total. The van der Waals surface area contributed by atoms with Gasteiger partial charge in [0, 0.05) is 35.8 Å². The fraction of sp³-hybridized carbons (Fsp3) is 0.231. The number of rotatable bonds is 10. The molecule has 33 heavy (non-hydrogen) atoms. The largest absolute Gasteiger partial charge is 0.357 e. The lowest BCUT2D eigenvalue weighted by Crippen LogP contribution is -2.50. The summed E-state index contributed by atoms with van der Waals surface area (Å²) in [7, 11) is 1.55. The molecular formula is C26H26BrFN2O2S. The first-order chi connectivity index (χ1) is 16.0. The number of carbonyl (C=O) groups is 2. The van der Waals surface area contributed by atoms with Gasteiger partial charge in [-0.3, -0.25) is 9.59 Å². The zero-order chi connectivity index (χ0) is 23.6. The van der Waals surface area contributed by atoms with Crippen LogP contribution in [0.5, 0.6) is 0 Å². The van der Waals surface area contributed by atoms with E-state index in [0.29, 0.717) is 17.7 Å². The van der Waals surface area contributed by atoms with Crippen LogP contribution < -0.4 is 5.32 Å². The van der Waals surface area contributed by atoms with Crippen molar-refractivity contribution in [3.8, 4) is 0 Å². The molecular weight excluding hydrogens is 503 g/mol. The second-order valence-electron chi connectivity index (χ2n) is 7.55. The van der Waals surface area contributed by atoms with E-state index in [9.17, 15) is 14.0 Å². The van der Waals surface area contributed by atoms with Crippen LogP contribution >= 0.6 is 27.7 Å². The molecule has 1 atom stereocenters. The number of thioether (sulfide) groups is 1. The SMILES string of the molecule is CNC(=O)C(Cc1ccccc1)N(Cc1ccccc1F)C(=O)CSCc1ccc(Br)cc1. The second-order valence-corrected chi connectivity index (χ2v) is 9.45. The summed E-state index contributed by atoms with van der Waals surface area (Å²) < 4.78 is 15.4. The van der Waals surface area contributed by atoms with Crippen LogP contribution in [0.2, 0.25) is 0 Å². The van der Waals surface area contributed by atoms with E-state index >= 15 is 0 Å². The number of hydrogen-bond donors (Lipinski definition) is 1. The molecule has 7 heteroatoms. The Morgan fingerprint density at radius 1 is 0.970 bits per heavy atom. The molecule has 1 N–H and O–H groups in total. The van der Waals surface area contributed by atoms with Crippen LogP contribution in [0.4, 0.5) is 4.39 Å². The summed E-state index contributed by atoms with van der Waals surface area (Å²) in [6.45, 7) is 0.0231. The minimum absolute atomic E-state index is 0.0231. The van der Waals surface area contributed by atoms with Crippen LogP contribution in [0.3, 0.4) is 0 Å². The average Bonchev–Trinajstić information content (AvgIpc) is 2.83. The fourth-order valence-electron chi connectivity index (χ4n) is 3.45. The first-order valence-corrected chi connectivity index (χ1v) is 12.5. The summed E-state index contributed by atoms with van der Waals surface area (Å²) in [6, 6.07) is 23.1. The average molecular weight is 529 g/mol. The molecule has 0 aliphatic rings. The van der Waals surface area contributed by atoms with Crippen LogP contribution in [-0.4, -0.2) is 35.6 Å². The van der Waals surface area contributed by atoms with Gasteiger partial charge in [0.2, 0.25) is 11.8 Å². The summed E-state index contributed by atoms with van der Waals surface area (Å²) in [6.07, 6.45) is 0.345. The highest BCUT2D eigenvalue weighted by Gasteiger charge is 2.30. The normalized spacial score (nSPS) is 11.6. The third-order valence-corrected chi connectivity index (χ3v) is 6.74. The van der Waals surface area contributed by atoms with Crippen molar-refractivity contribution in [2.24, 2.45) is 0 Å². The summed E-state index contributed by atoms with van der Waals surface area (Å²) in [5.74, 6) is -0.0255. The number of likely N-dealkylation sites (N-methyl/N-ethyl adjacent to an activating group) is 1. The van der Waals surface area contributed by atoms with Crippen LogP contribution in [0.15, 0.2) is 83.3 Å². The van der Waals surface area contributed by atoms with Gasteiger partial charge >= 0.3 is 0 Å². The minimum atomic E-state index is -0.752. The summed E-state index contributed by atoms with van der Waals surface area (Å²) in [5.41, 5.74) is 2.41. The van der Waals surface area contributed by atoms with Gasteiger partial charge in [-0.05, 0) is 29.3 Å². The highest BCUT2D eigenvalue weighted by atomic mass is 79.9. The lowest BCUT2D eigenvalue weighted by molar-refractivity contribution is -0.139. The molecule has 0 fully saturated rings. The van der Waals surface area contributed by atoms with Gasteiger partial charge < -0.3 is 10.2 Å². The maximum atomic E-state index is 14.4. The Labute approximate surface area is 206 Å². The zero-order valence-electron chi connectivity index (χ0n) is 18.3. The lowest BCUT2D eigenvalue weighted by Gasteiger charge is -2.31. The smallest absolute Gasteiger partial charge is 0.242 e. The number of nitrogens with zero attached hydrogens (tertiary/aromatic N) is 1. The zero-order valence-corrected chi connectivity index (χ0v) is 20.7. The van der Waals surface area contributed by atoms with E-state index in [0.717, 1.165) is 15.6 Å². The number of carbonyl (C=O) groups excluding carboxylic acids is 2. The van der Waals surface area contributed by atoms with Crippen molar-refractivity contribution in [2.75, 3.05) is 12.8 Å². The van der Waals surface area contributed by atoms with E-state index in [2.05, 4.69) is 21.2 Å². The Hall–Kier alpha value is -2.64. The molecule has 0 spiro atoms. The molecule has 172 valence electrons. The van der Waals surface area contributed by atoms with E-state index < -0.39 is 11.9 Å². The van der Waals surface area contributed by atoms with Crippen molar-refractivity contribution < 1.29 is 14.0 Å². The van der Waals surface area contributed by atoms with Gasteiger partial charge in [0.15, 0.2) is 0 Å². The van der Waals surface area contributed by atoms with Crippen molar-refractivity contribution in [1.82, 2.24) is 10.2 Å². The van der Waals surface area contributed by atoms with Gasteiger partial charge in [-0.2, -0.15) is 0 Å². The van der Waals surface area contributed by atoms with E-state index in [1.807, 2.05) is 54.6 Å². The predicted octanol–water partition coefficient (Wildman–Crippen LogP) is 5.21. The third-order valence-electron chi connectivity index (χ3n) is 5.22. The van der Waals surface area contributed by atoms with Gasteiger partial charge in [-0.1, -0.05) is 76.6 Å². The molecule has 0 saturated heterocycles. The fourth-order valence-corrected chi connectivity index (χ4v) is 4.59. The molecule has 1 unspecified atom stereocenters. The topological polar surface area (TPSA) is 49.4 Å². The molecule has 0 radical (unpaired) electrons. The first-order valence-electron chi connectivity index (χ1n) is 10.6. The molecule has 0 aliphatic carbocycles. The Bertz CT molecular complexity index is 1060. The molecule has 0 bridgehead atoms. The maximum absolute atomic E-state index is 14.4. The summed E-state index contributed by atoms with van der Waals surface area (Å²) in [5, 5.41) is 2.67. The summed E-state index contributed by atoms with van der Waals surface area (Å²) in [4.78, 5) is 27.7. The highest BCUT2D eigenvalue weighted by Crippen LogP contribution is 2.20. The minimum Gasteiger partial charge on any atom is -0.357 e. The molecule has 3 aromatic rings. The molecule has 0 aromatic heterocycles. The van der Waals surface area contributed by atoms with Crippen molar-refractivity contribution in [1.29, 1.82) is 0 Å². The molecule has 0 saturated carbocycles. The van der Waals surface area contributed by atoms with Gasteiger partial charge in [0.1, 0.15) is 11.9 Å². The number of halogens is 2. The molecule has 3 rings (SSSR count). The Balaban J connectivity index is 1.81. The summed E-state index contributed by atoms with van der Waals surface area (Å²) >= 11 is 4.90. The number of amides is 2. The van der Waals surface area contributed by atoms with Crippen molar-refractivity contribution in [2.45, 2.75) is 24.8 Å². The van der Waals surface area contributed by atoms with E-state index in [1.54, 1.807) is 25.2 Å². The Kier molecular flexibility index (Phi) is 9.51. The Morgan fingerprint density at radius 3 is 2.30 bits per heavy atom. The van der Waals surface area contributed by atoms with Gasteiger partial charge in [-0.15, -0.1) is 11.8 Å². The molecule has 3 aromatic carbocycles. The number of benzene rings is 3.